The van der Waals surface area contributed by atoms with Crippen LogP contribution in [0.3, 0.4) is 0 Å². The Morgan fingerprint density at radius 1 is 1.22 bits per heavy atom. The molecule has 1 unspecified atom stereocenters. The molecule has 2 saturated heterocycles. The van der Waals surface area contributed by atoms with Crippen LogP contribution in [0.25, 0.3) is 0 Å². The number of ether oxygens (including phenoxy) is 1. The van der Waals surface area contributed by atoms with Crippen LogP contribution >= 0.6 is 0 Å². The minimum atomic E-state index is -0.189. The molecule has 0 aliphatic carbocycles. The van der Waals surface area contributed by atoms with Crippen LogP contribution in [0.5, 0.6) is 0 Å². The molecule has 2 fully saturated rings. The van der Waals surface area contributed by atoms with Crippen LogP contribution in [0, 0.1) is 17.2 Å². The standard InChI is InChI=1S/C17H25N3O3/c1-2-23-17(22)14-7-6-8-19(12-14)13-15(11-18)16(21)20-9-4-3-5-10-20/h13-14H,2-10,12H2,1H3/b15-13-. The Kier molecular flexibility index (Phi) is 6.45. The highest BCUT2D eigenvalue weighted by Gasteiger charge is 2.27. The number of likely N-dealkylation sites (tertiary alicyclic amines) is 2. The zero-order chi connectivity index (χ0) is 16.7. The highest BCUT2D eigenvalue weighted by atomic mass is 16.5. The molecule has 2 rings (SSSR count). The van der Waals surface area contributed by atoms with Crippen LogP contribution in [-0.4, -0.2) is 54.5 Å². The number of hydrogen-bond donors (Lipinski definition) is 0. The third kappa shape index (κ3) is 4.72. The minimum absolute atomic E-state index is 0.163. The molecule has 0 N–H and O–H groups in total. The number of nitriles is 1. The van der Waals surface area contributed by atoms with Crippen LogP contribution in [0.1, 0.15) is 39.0 Å². The van der Waals surface area contributed by atoms with E-state index in [0.717, 1.165) is 51.7 Å². The number of rotatable bonds is 4. The molecule has 23 heavy (non-hydrogen) atoms. The summed E-state index contributed by atoms with van der Waals surface area (Å²) < 4.78 is 5.08. The van der Waals surface area contributed by atoms with Crippen molar-refractivity contribution in [1.29, 1.82) is 5.26 Å². The second kappa shape index (κ2) is 8.56. The zero-order valence-electron chi connectivity index (χ0n) is 13.8. The number of carbonyl (C=O) groups excluding carboxylic acids is 2. The molecule has 2 aliphatic heterocycles. The van der Waals surface area contributed by atoms with Crippen molar-refractivity contribution in [2.45, 2.75) is 39.0 Å². The highest BCUT2D eigenvalue weighted by Crippen LogP contribution is 2.20. The molecule has 6 nitrogen and oxygen atoms in total. The van der Waals surface area contributed by atoms with Gasteiger partial charge in [-0.25, -0.2) is 0 Å². The molecule has 0 radical (unpaired) electrons. The van der Waals surface area contributed by atoms with E-state index in [1.807, 2.05) is 11.0 Å². The minimum Gasteiger partial charge on any atom is -0.466 e. The van der Waals surface area contributed by atoms with E-state index in [9.17, 15) is 14.9 Å². The van der Waals surface area contributed by atoms with E-state index < -0.39 is 0 Å². The first-order valence-electron chi connectivity index (χ1n) is 8.47. The molecule has 126 valence electrons. The largest absolute Gasteiger partial charge is 0.466 e. The van der Waals surface area contributed by atoms with Crippen molar-refractivity contribution in [2.24, 2.45) is 5.92 Å². The SMILES string of the molecule is CCOC(=O)C1CCCN(/C=C(/C#N)C(=O)N2CCCCC2)C1. The zero-order valence-corrected chi connectivity index (χ0v) is 13.8. The van der Waals surface area contributed by atoms with Crippen molar-refractivity contribution in [1.82, 2.24) is 9.80 Å². The van der Waals surface area contributed by atoms with Gasteiger partial charge in [0.15, 0.2) is 0 Å². The molecule has 0 aromatic heterocycles. The maximum atomic E-state index is 12.4. The van der Waals surface area contributed by atoms with Crippen molar-refractivity contribution in [3.8, 4) is 6.07 Å². The van der Waals surface area contributed by atoms with Crippen molar-refractivity contribution < 1.29 is 14.3 Å². The smallest absolute Gasteiger partial charge is 0.310 e. The predicted octanol–water partition coefficient (Wildman–Crippen LogP) is 1.68. The Hall–Kier alpha value is -2.03. The van der Waals surface area contributed by atoms with Crippen molar-refractivity contribution in [2.75, 3.05) is 32.8 Å². The monoisotopic (exact) mass is 319 g/mol. The van der Waals surface area contributed by atoms with Gasteiger partial charge in [0.05, 0.1) is 12.5 Å². The average Bonchev–Trinajstić information content (AvgIpc) is 2.60. The molecule has 2 heterocycles. The lowest BCUT2D eigenvalue weighted by Gasteiger charge is -2.31. The average molecular weight is 319 g/mol. The van der Waals surface area contributed by atoms with Crippen molar-refractivity contribution in [3.63, 3.8) is 0 Å². The predicted molar refractivity (Wildman–Crippen MR) is 85.1 cm³/mol. The van der Waals surface area contributed by atoms with Gasteiger partial charge in [-0.2, -0.15) is 5.26 Å². The Morgan fingerprint density at radius 2 is 1.96 bits per heavy atom. The van der Waals surface area contributed by atoms with Gasteiger partial charge in [0.1, 0.15) is 11.6 Å². The van der Waals surface area contributed by atoms with Gasteiger partial charge in [0.2, 0.25) is 0 Å². The molecule has 0 spiro atoms. The maximum Gasteiger partial charge on any atom is 0.310 e. The molecule has 2 aliphatic rings. The van der Waals surface area contributed by atoms with E-state index in [4.69, 9.17) is 4.74 Å². The molecule has 1 atom stereocenters. The third-order valence-corrected chi connectivity index (χ3v) is 4.38. The Balaban J connectivity index is 2.00. The molecule has 1 amide bonds. The normalized spacial score (nSPS) is 22.4. The topological polar surface area (TPSA) is 73.6 Å². The second-order valence-electron chi connectivity index (χ2n) is 6.09. The summed E-state index contributed by atoms with van der Waals surface area (Å²) in [5.74, 6) is -0.554. The number of hydrogen-bond acceptors (Lipinski definition) is 5. The van der Waals surface area contributed by atoms with Gasteiger partial charge >= 0.3 is 5.97 Å². The van der Waals surface area contributed by atoms with Gasteiger partial charge in [0.25, 0.3) is 5.91 Å². The molecule has 0 aromatic carbocycles. The van der Waals surface area contributed by atoms with Crippen LogP contribution < -0.4 is 0 Å². The Labute approximate surface area is 137 Å². The summed E-state index contributed by atoms with van der Waals surface area (Å²) >= 11 is 0. The first-order chi connectivity index (χ1) is 11.2. The van der Waals surface area contributed by atoms with Gasteiger partial charge < -0.3 is 14.5 Å². The van der Waals surface area contributed by atoms with E-state index in [0.29, 0.717) is 13.2 Å². The number of nitrogens with zero attached hydrogens (tertiary/aromatic N) is 3. The summed E-state index contributed by atoms with van der Waals surface area (Å²) in [7, 11) is 0. The summed E-state index contributed by atoms with van der Waals surface area (Å²) in [6.07, 6.45) is 6.42. The third-order valence-electron chi connectivity index (χ3n) is 4.38. The second-order valence-corrected chi connectivity index (χ2v) is 6.09. The van der Waals surface area contributed by atoms with E-state index >= 15 is 0 Å². The summed E-state index contributed by atoms with van der Waals surface area (Å²) in [5, 5.41) is 9.33. The van der Waals surface area contributed by atoms with E-state index in [-0.39, 0.29) is 23.4 Å². The van der Waals surface area contributed by atoms with Gasteiger partial charge in [0, 0.05) is 32.4 Å². The van der Waals surface area contributed by atoms with Gasteiger partial charge in [-0.3, -0.25) is 9.59 Å². The molecule has 6 heteroatoms. The maximum absolute atomic E-state index is 12.4. The first kappa shape index (κ1) is 17.3. The lowest BCUT2D eigenvalue weighted by molar-refractivity contribution is -0.149. The van der Waals surface area contributed by atoms with Crippen LogP contribution in [0.4, 0.5) is 0 Å². The van der Waals surface area contributed by atoms with Crippen molar-refractivity contribution >= 4 is 11.9 Å². The Bertz CT molecular complexity index is 504. The fourth-order valence-electron chi connectivity index (χ4n) is 3.16. The van der Waals surface area contributed by atoms with Gasteiger partial charge in [-0.05, 0) is 39.0 Å². The fraction of sp³-hybridized carbons (Fsp3) is 0.706. The Morgan fingerprint density at radius 3 is 2.61 bits per heavy atom. The van der Waals surface area contributed by atoms with Crippen LogP contribution in [0.2, 0.25) is 0 Å². The van der Waals surface area contributed by atoms with Crippen LogP contribution in [0.15, 0.2) is 11.8 Å². The number of esters is 1. The summed E-state index contributed by atoms with van der Waals surface area (Å²) in [6.45, 7) is 4.89. The summed E-state index contributed by atoms with van der Waals surface area (Å²) in [4.78, 5) is 28.0. The van der Waals surface area contributed by atoms with Crippen molar-refractivity contribution in [3.05, 3.63) is 11.8 Å². The molecule has 0 saturated carbocycles. The van der Waals surface area contributed by atoms with E-state index in [1.54, 1.807) is 18.0 Å². The first-order valence-corrected chi connectivity index (χ1v) is 8.47. The number of amides is 1. The molecular weight excluding hydrogens is 294 g/mol. The quantitative estimate of drug-likeness (QED) is 0.448. The van der Waals surface area contributed by atoms with Gasteiger partial charge in [-0.15, -0.1) is 0 Å². The van der Waals surface area contributed by atoms with E-state index in [1.165, 1.54) is 0 Å². The van der Waals surface area contributed by atoms with E-state index in [2.05, 4.69) is 0 Å². The lowest BCUT2D eigenvalue weighted by atomic mass is 9.98. The lowest BCUT2D eigenvalue weighted by Crippen LogP contribution is -2.39. The molecule has 0 bridgehead atoms. The molecule has 0 aromatic rings. The summed E-state index contributed by atoms with van der Waals surface area (Å²) in [5.41, 5.74) is 0.163. The number of piperidine rings is 2. The number of carbonyl (C=O) groups is 2. The van der Waals surface area contributed by atoms with Gasteiger partial charge in [-0.1, -0.05) is 0 Å². The highest BCUT2D eigenvalue weighted by molar-refractivity contribution is 5.97. The molecular formula is C17H25N3O3. The summed E-state index contributed by atoms with van der Waals surface area (Å²) in [6, 6.07) is 2.03. The fourth-order valence-corrected chi connectivity index (χ4v) is 3.16. The van der Waals surface area contributed by atoms with Crippen LogP contribution in [-0.2, 0) is 14.3 Å².